The van der Waals surface area contributed by atoms with E-state index in [9.17, 15) is 10.2 Å². The number of aromatic hydroxyl groups is 1. The molecule has 0 unspecified atom stereocenters. The smallest absolute Gasteiger partial charge is 0.166 e. The molecule has 5 nitrogen and oxygen atoms in total. The molecule has 2 aromatic carbocycles. The van der Waals surface area contributed by atoms with Crippen LogP contribution in [-0.4, -0.2) is 44.8 Å². The second-order valence-corrected chi connectivity index (χ2v) is 12.4. The quantitative estimate of drug-likeness (QED) is 0.439. The number of pyridine rings is 1. The van der Waals surface area contributed by atoms with Crippen molar-refractivity contribution in [3.8, 4) is 22.6 Å². The minimum Gasteiger partial charge on any atom is -0.504 e. The molecule has 2 aliphatic heterocycles. The van der Waals surface area contributed by atoms with Crippen molar-refractivity contribution in [2.75, 3.05) is 13.1 Å². The van der Waals surface area contributed by atoms with Gasteiger partial charge in [0.2, 0.25) is 0 Å². The summed E-state index contributed by atoms with van der Waals surface area (Å²) in [6, 6.07) is 14.5. The number of phenolic OH excluding ortho intramolecular Hbond substituents is 1. The van der Waals surface area contributed by atoms with Crippen LogP contribution in [0.2, 0.25) is 0 Å². The van der Waals surface area contributed by atoms with Gasteiger partial charge in [0.05, 0.1) is 16.7 Å². The fraction of sp³-hybridized carbons (Fsp3) is 0.414. The van der Waals surface area contributed by atoms with E-state index in [0.29, 0.717) is 12.2 Å². The summed E-state index contributed by atoms with van der Waals surface area (Å²) in [4.78, 5) is 7.54. The molecule has 1 aromatic heterocycles. The van der Waals surface area contributed by atoms with Crippen LogP contribution >= 0.6 is 22.6 Å². The summed E-state index contributed by atoms with van der Waals surface area (Å²) in [7, 11) is 0. The van der Waals surface area contributed by atoms with Crippen LogP contribution in [-0.2, 0) is 18.3 Å². The SMILES string of the molecule is Oc1ccc2c3c1O[C@H]1c4ncc(-c5ccc(I)cc5)cc4C[C@@]4(O)[C@@H](C2)N(CC2CC2)CC[C@]314. The van der Waals surface area contributed by atoms with E-state index in [1.165, 1.54) is 22.0 Å². The Hall–Kier alpha value is -2.16. The van der Waals surface area contributed by atoms with E-state index in [-0.39, 0.29) is 17.9 Å². The third kappa shape index (κ3) is 2.68. The first-order valence-corrected chi connectivity index (χ1v) is 13.8. The number of halogens is 1. The average Bonchev–Trinajstić information content (AvgIpc) is 3.59. The molecule has 1 saturated carbocycles. The lowest BCUT2D eigenvalue weighted by Crippen LogP contribution is -2.74. The minimum absolute atomic E-state index is 0.0426. The number of likely N-dealkylation sites (tertiary alicyclic amines) is 1. The number of benzene rings is 2. The summed E-state index contributed by atoms with van der Waals surface area (Å²) >= 11 is 2.32. The van der Waals surface area contributed by atoms with E-state index in [1.807, 2.05) is 6.20 Å². The number of phenols is 1. The van der Waals surface area contributed by atoms with Crippen LogP contribution in [0.25, 0.3) is 11.1 Å². The summed E-state index contributed by atoms with van der Waals surface area (Å²) in [5, 5.41) is 23.6. The molecule has 4 atom stereocenters. The van der Waals surface area contributed by atoms with Crippen molar-refractivity contribution in [2.45, 2.75) is 55.3 Å². The van der Waals surface area contributed by atoms with Crippen molar-refractivity contribution < 1.29 is 14.9 Å². The molecule has 8 rings (SSSR count). The molecule has 2 N–H and O–H groups in total. The zero-order valence-electron chi connectivity index (χ0n) is 19.4. The van der Waals surface area contributed by atoms with Crippen LogP contribution in [0, 0.1) is 9.49 Å². The highest BCUT2D eigenvalue weighted by Crippen LogP contribution is 2.68. The average molecular weight is 578 g/mol. The van der Waals surface area contributed by atoms with Gasteiger partial charge in [-0.1, -0.05) is 18.2 Å². The lowest BCUT2D eigenvalue weighted by Gasteiger charge is -2.63. The molecule has 3 aromatic rings. The van der Waals surface area contributed by atoms with Gasteiger partial charge in [0, 0.05) is 39.9 Å². The first-order chi connectivity index (χ1) is 17.0. The number of hydrogen-bond acceptors (Lipinski definition) is 5. The number of rotatable bonds is 3. The monoisotopic (exact) mass is 578 g/mol. The lowest BCUT2D eigenvalue weighted by molar-refractivity contribution is -0.173. The van der Waals surface area contributed by atoms with E-state index in [2.05, 4.69) is 63.9 Å². The summed E-state index contributed by atoms with van der Waals surface area (Å²) in [6.45, 7) is 2.02. The molecule has 3 aliphatic carbocycles. The Morgan fingerprint density at radius 2 is 1.91 bits per heavy atom. The number of nitrogens with zero attached hydrogens (tertiary/aromatic N) is 2. The molecule has 2 fully saturated rings. The van der Waals surface area contributed by atoms with E-state index in [4.69, 9.17) is 9.72 Å². The lowest BCUT2D eigenvalue weighted by atomic mass is 9.49. The molecular formula is C29H27IN2O3. The highest BCUT2D eigenvalue weighted by Gasteiger charge is 2.72. The number of aliphatic hydroxyl groups is 1. The van der Waals surface area contributed by atoms with Gasteiger partial charge in [-0.25, -0.2) is 0 Å². The second kappa shape index (κ2) is 6.99. The second-order valence-electron chi connectivity index (χ2n) is 11.2. The van der Waals surface area contributed by atoms with Crippen molar-refractivity contribution >= 4 is 22.6 Å². The largest absolute Gasteiger partial charge is 0.504 e. The predicted octanol–water partition coefficient (Wildman–Crippen LogP) is 4.76. The molecule has 35 heavy (non-hydrogen) atoms. The van der Waals surface area contributed by atoms with Gasteiger partial charge in [-0.05, 0) is 102 Å². The Morgan fingerprint density at radius 1 is 1.09 bits per heavy atom. The number of aromatic nitrogens is 1. The van der Waals surface area contributed by atoms with Gasteiger partial charge in [-0.15, -0.1) is 0 Å². The fourth-order valence-electron chi connectivity index (χ4n) is 7.64. The predicted molar refractivity (Wildman–Crippen MR) is 141 cm³/mol. The first-order valence-electron chi connectivity index (χ1n) is 12.7. The van der Waals surface area contributed by atoms with E-state index >= 15 is 0 Å². The molecule has 0 amide bonds. The van der Waals surface area contributed by atoms with Crippen LogP contribution in [0.3, 0.4) is 0 Å². The minimum atomic E-state index is -0.962. The molecule has 178 valence electrons. The van der Waals surface area contributed by atoms with Crippen molar-refractivity contribution in [1.82, 2.24) is 9.88 Å². The fourth-order valence-corrected chi connectivity index (χ4v) is 8.00. The van der Waals surface area contributed by atoms with Gasteiger partial charge in [0.25, 0.3) is 0 Å². The maximum Gasteiger partial charge on any atom is 0.166 e. The normalized spacial score (nSPS) is 32.1. The number of fused-ring (bicyclic) bond motifs is 2. The first kappa shape index (κ1) is 21.0. The van der Waals surface area contributed by atoms with Crippen LogP contribution in [0.5, 0.6) is 11.5 Å². The van der Waals surface area contributed by atoms with E-state index in [0.717, 1.165) is 59.8 Å². The van der Waals surface area contributed by atoms with Crippen LogP contribution < -0.4 is 4.74 Å². The Bertz CT molecular complexity index is 1390. The van der Waals surface area contributed by atoms with Gasteiger partial charge in [-0.2, -0.15) is 0 Å². The van der Waals surface area contributed by atoms with Gasteiger partial charge in [0.15, 0.2) is 17.6 Å². The number of ether oxygens (including phenoxy) is 1. The highest BCUT2D eigenvalue weighted by molar-refractivity contribution is 14.1. The molecule has 0 radical (unpaired) electrons. The summed E-state index contributed by atoms with van der Waals surface area (Å²) < 4.78 is 7.80. The van der Waals surface area contributed by atoms with Crippen molar-refractivity contribution in [3.63, 3.8) is 0 Å². The molecule has 2 bridgehead atoms. The van der Waals surface area contributed by atoms with Crippen LogP contribution in [0.1, 0.15) is 47.8 Å². The van der Waals surface area contributed by atoms with Gasteiger partial charge in [-0.3, -0.25) is 9.88 Å². The Kier molecular flexibility index (Phi) is 4.19. The maximum atomic E-state index is 12.8. The Morgan fingerprint density at radius 3 is 2.71 bits per heavy atom. The van der Waals surface area contributed by atoms with Crippen molar-refractivity contribution in [3.05, 3.63) is 74.6 Å². The molecule has 1 spiro atoms. The molecule has 6 heteroatoms. The van der Waals surface area contributed by atoms with Gasteiger partial charge < -0.3 is 14.9 Å². The topological polar surface area (TPSA) is 65.8 Å². The van der Waals surface area contributed by atoms with Crippen molar-refractivity contribution in [2.24, 2.45) is 5.92 Å². The Balaban J connectivity index is 1.32. The van der Waals surface area contributed by atoms with Gasteiger partial charge >= 0.3 is 0 Å². The zero-order chi connectivity index (χ0) is 23.5. The molecule has 3 heterocycles. The van der Waals surface area contributed by atoms with E-state index in [1.54, 1.807) is 6.07 Å². The number of hydrogen-bond donors (Lipinski definition) is 2. The molecule has 1 saturated heterocycles. The van der Waals surface area contributed by atoms with Crippen LogP contribution in [0.15, 0.2) is 48.7 Å². The van der Waals surface area contributed by atoms with Crippen LogP contribution in [0.4, 0.5) is 0 Å². The third-order valence-electron chi connectivity index (χ3n) is 9.40. The third-order valence-corrected chi connectivity index (χ3v) is 10.1. The summed E-state index contributed by atoms with van der Waals surface area (Å²) in [5.41, 5.74) is 4.91. The molecular weight excluding hydrogens is 551 g/mol. The van der Waals surface area contributed by atoms with E-state index < -0.39 is 11.0 Å². The highest BCUT2D eigenvalue weighted by atomic mass is 127. The zero-order valence-corrected chi connectivity index (χ0v) is 21.5. The summed E-state index contributed by atoms with van der Waals surface area (Å²) in [6.07, 6.45) is 6.35. The Labute approximate surface area is 218 Å². The maximum absolute atomic E-state index is 12.8. The van der Waals surface area contributed by atoms with Gasteiger partial charge in [0.1, 0.15) is 0 Å². The molecule has 5 aliphatic rings. The summed E-state index contributed by atoms with van der Waals surface area (Å²) in [5.74, 6) is 1.51. The number of piperidine rings is 1. The van der Waals surface area contributed by atoms with Crippen molar-refractivity contribution in [1.29, 1.82) is 0 Å². The standard InChI is InChI=1S/C29H27IN2O3/c30-21-6-3-17(4-7-21)20-11-19-13-29(34)23-12-18-5-8-22(33)26-24(18)28(29,27(35-26)25(19)31-14-20)9-10-32(23)15-16-1-2-16/h3-8,11,14,16,23,27,33-34H,1-2,9-10,12-13,15H2/t23-,27+,28+,29-/m1/s1.